The van der Waals surface area contributed by atoms with Gasteiger partial charge >= 0.3 is 0 Å². The number of nitrogens with two attached hydrogens (primary N) is 1. The van der Waals surface area contributed by atoms with Crippen LogP contribution >= 0.6 is 0 Å². The zero-order valence-electron chi connectivity index (χ0n) is 14.5. The fraction of sp³-hybridized carbons (Fsp3) is 0.278. The van der Waals surface area contributed by atoms with Crippen LogP contribution in [0.1, 0.15) is 23.3 Å². The quantitative estimate of drug-likeness (QED) is 0.741. The third-order valence-electron chi connectivity index (χ3n) is 3.91. The number of hydrogen-bond acceptors (Lipinski definition) is 6. The van der Waals surface area contributed by atoms with Crippen LogP contribution in [0.5, 0.6) is 11.5 Å². The van der Waals surface area contributed by atoms with Crippen LogP contribution in [0.15, 0.2) is 42.7 Å². The van der Waals surface area contributed by atoms with Crippen molar-refractivity contribution in [2.75, 3.05) is 14.2 Å². The molecule has 2 heterocycles. The van der Waals surface area contributed by atoms with Crippen molar-refractivity contribution in [3.8, 4) is 17.2 Å². The second-order valence-corrected chi connectivity index (χ2v) is 5.62. The van der Waals surface area contributed by atoms with E-state index >= 15 is 0 Å². The van der Waals surface area contributed by atoms with Crippen molar-refractivity contribution in [1.82, 2.24) is 19.7 Å². The van der Waals surface area contributed by atoms with Crippen LogP contribution in [0.2, 0.25) is 0 Å². The van der Waals surface area contributed by atoms with Crippen molar-refractivity contribution in [3.63, 3.8) is 0 Å². The Balaban J connectivity index is 1.88. The Labute approximate surface area is 146 Å². The molecule has 0 saturated heterocycles. The van der Waals surface area contributed by atoms with Crippen molar-refractivity contribution >= 4 is 0 Å². The van der Waals surface area contributed by atoms with Crippen molar-refractivity contribution in [2.45, 2.75) is 19.4 Å². The lowest BCUT2D eigenvalue weighted by molar-refractivity contribution is 0.354. The minimum atomic E-state index is -0.251. The normalized spacial score (nSPS) is 12.0. The van der Waals surface area contributed by atoms with Gasteiger partial charge in [0.2, 0.25) is 0 Å². The highest BCUT2D eigenvalue weighted by Gasteiger charge is 2.16. The summed E-state index contributed by atoms with van der Waals surface area (Å²) >= 11 is 0. The molecule has 7 nitrogen and oxygen atoms in total. The van der Waals surface area contributed by atoms with E-state index in [4.69, 9.17) is 15.2 Å². The molecule has 0 aliphatic carbocycles. The average molecular weight is 339 g/mol. The summed E-state index contributed by atoms with van der Waals surface area (Å²) in [6.45, 7) is 1.86. The van der Waals surface area contributed by atoms with E-state index in [1.165, 1.54) is 0 Å². The van der Waals surface area contributed by atoms with Crippen molar-refractivity contribution in [1.29, 1.82) is 0 Å². The van der Waals surface area contributed by atoms with E-state index in [-0.39, 0.29) is 6.04 Å². The predicted molar refractivity (Wildman–Crippen MR) is 94.1 cm³/mol. The Morgan fingerprint density at radius 3 is 2.64 bits per heavy atom. The largest absolute Gasteiger partial charge is 0.493 e. The van der Waals surface area contributed by atoms with Crippen LogP contribution in [-0.2, 0) is 6.42 Å². The van der Waals surface area contributed by atoms with Gasteiger partial charge in [-0.15, -0.1) is 0 Å². The molecule has 2 N–H and O–H groups in total. The molecule has 0 spiro atoms. The molecule has 1 unspecified atom stereocenters. The maximum atomic E-state index is 6.41. The smallest absolute Gasteiger partial charge is 0.161 e. The van der Waals surface area contributed by atoms with Crippen LogP contribution in [0.4, 0.5) is 0 Å². The zero-order valence-corrected chi connectivity index (χ0v) is 14.5. The molecule has 1 atom stereocenters. The lowest BCUT2D eigenvalue weighted by Gasteiger charge is -2.15. The topological polar surface area (TPSA) is 88.1 Å². The van der Waals surface area contributed by atoms with Gasteiger partial charge in [-0.3, -0.25) is 4.98 Å². The first-order valence-electron chi connectivity index (χ1n) is 7.93. The number of benzene rings is 1. The summed E-state index contributed by atoms with van der Waals surface area (Å²) in [7, 11) is 3.21. The van der Waals surface area contributed by atoms with Gasteiger partial charge in [0.15, 0.2) is 11.5 Å². The number of rotatable bonds is 6. The molecule has 0 bridgehead atoms. The molecule has 0 saturated carbocycles. The zero-order chi connectivity index (χ0) is 17.8. The Morgan fingerprint density at radius 2 is 1.96 bits per heavy atom. The Kier molecular flexibility index (Phi) is 4.95. The maximum Gasteiger partial charge on any atom is 0.161 e. The first-order valence-corrected chi connectivity index (χ1v) is 7.93. The number of hydrogen-bond donors (Lipinski definition) is 1. The Morgan fingerprint density at radius 1 is 1.16 bits per heavy atom. The minimum Gasteiger partial charge on any atom is -0.493 e. The average Bonchev–Trinajstić information content (AvgIpc) is 3.01. The lowest BCUT2D eigenvalue weighted by atomic mass is 10.0. The number of methoxy groups -OCH3 is 2. The van der Waals surface area contributed by atoms with Gasteiger partial charge in [-0.1, -0.05) is 6.07 Å². The summed E-state index contributed by atoms with van der Waals surface area (Å²) in [6.07, 6.45) is 4.01. The Hall–Kier alpha value is -2.93. The van der Waals surface area contributed by atoms with Crippen LogP contribution in [0, 0.1) is 6.92 Å². The van der Waals surface area contributed by atoms with E-state index < -0.39 is 0 Å². The SMILES string of the molecule is COc1ccc(C(N)Cc2nc(C)nn2-c2cccnc2)cc1OC. The number of aromatic nitrogens is 4. The summed E-state index contributed by atoms with van der Waals surface area (Å²) < 4.78 is 12.4. The van der Waals surface area contributed by atoms with Crippen LogP contribution in [0.3, 0.4) is 0 Å². The van der Waals surface area contributed by atoms with E-state index in [2.05, 4.69) is 15.1 Å². The standard InChI is InChI=1S/C18H21N5O2/c1-12-21-18(23(22-12)14-5-4-8-20-11-14)10-15(19)13-6-7-16(24-2)17(9-13)25-3/h4-9,11,15H,10,19H2,1-3H3. The highest BCUT2D eigenvalue weighted by atomic mass is 16.5. The number of ether oxygens (including phenoxy) is 2. The number of aryl methyl sites for hydroxylation is 1. The van der Waals surface area contributed by atoms with E-state index in [0.717, 1.165) is 17.1 Å². The molecule has 130 valence electrons. The molecule has 7 heteroatoms. The maximum absolute atomic E-state index is 6.41. The van der Waals surface area contributed by atoms with Crippen LogP contribution in [0.25, 0.3) is 5.69 Å². The first kappa shape index (κ1) is 16.9. The summed E-state index contributed by atoms with van der Waals surface area (Å²) in [5.41, 5.74) is 8.20. The van der Waals surface area contributed by atoms with Gasteiger partial charge < -0.3 is 15.2 Å². The number of pyridine rings is 1. The fourth-order valence-electron chi connectivity index (χ4n) is 2.67. The van der Waals surface area contributed by atoms with Gasteiger partial charge in [-0.2, -0.15) is 5.10 Å². The van der Waals surface area contributed by atoms with Gasteiger partial charge in [0.05, 0.1) is 26.1 Å². The fourth-order valence-corrected chi connectivity index (χ4v) is 2.67. The van der Waals surface area contributed by atoms with Crippen molar-refractivity contribution < 1.29 is 9.47 Å². The van der Waals surface area contributed by atoms with Crippen LogP contribution < -0.4 is 15.2 Å². The van der Waals surface area contributed by atoms with Crippen molar-refractivity contribution in [3.05, 3.63) is 59.9 Å². The van der Waals surface area contributed by atoms with Gasteiger partial charge in [-0.25, -0.2) is 9.67 Å². The first-order chi connectivity index (χ1) is 12.1. The second-order valence-electron chi connectivity index (χ2n) is 5.62. The van der Waals surface area contributed by atoms with E-state index in [9.17, 15) is 0 Å². The van der Waals surface area contributed by atoms with Gasteiger partial charge in [0.1, 0.15) is 11.6 Å². The molecule has 3 aromatic rings. The summed E-state index contributed by atoms with van der Waals surface area (Å²) in [6, 6.07) is 9.23. The van der Waals surface area contributed by atoms with E-state index in [0.29, 0.717) is 23.7 Å². The molecular weight excluding hydrogens is 318 g/mol. The predicted octanol–water partition coefficient (Wildman–Crippen LogP) is 2.23. The molecule has 2 aromatic heterocycles. The molecular formula is C18H21N5O2. The molecule has 0 radical (unpaired) electrons. The molecule has 3 rings (SSSR count). The lowest BCUT2D eigenvalue weighted by Crippen LogP contribution is -2.17. The monoisotopic (exact) mass is 339 g/mol. The molecule has 0 aliphatic rings. The second kappa shape index (κ2) is 7.31. The van der Waals surface area contributed by atoms with Gasteiger partial charge in [0.25, 0.3) is 0 Å². The third-order valence-corrected chi connectivity index (χ3v) is 3.91. The van der Waals surface area contributed by atoms with Gasteiger partial charge in [0, 0.05) is 18.7 Å². The molecule has 1 aromatic carbocycles. The summed E-state index contributed by atoms with van der Waals surface area (Å²) in [4.78, 5) is 8.66. The highest BCUT2D eigenvalue weighted by Crippen LogP contribution is 2.30. The van der Waals surface area contributed by atoms with Gasteiger partial charge in [-0.05, 0) is 36.8 Å². The molecule has 25 heavy (non-hydrogen) atoms. The van der Waals surface area contributed by atoms with Crippen molar-refractivity contribution in [2.24, 2.45) is 5.73 Å². The highest BCUT2D eigenvalue weighted by molar-refractivity contribution is 5.44. The Bertz CT molecular complexity index is 848. The van der Waals surface area contributed by atoms with Crippen LogP contribution in [-0.4, -0.2) is 34.0 Å². The third kappa shape index (κ3) is 3.61. The summed E-state index contributed by atoms with van der Waals surface area (Å²) in [5.74, 6) is 2.80. The number of nitrogens with zero attached hydrogens (tertiary/aromatic N) is 4. The molecule has 0 amide bonds. The summed E-state index contributed by atoms with van der Waals surface area (Å²) in [5, 5.41) is 4.45. The molecule has 0 aliphatic heterocycles. The molecule has 0 fully saturated rings. The minimum absolute atomic E-state index is 0.251. The van der Waals surface area contributed by atoms with E-state index in [1.54, 1.807) is 31.3 Å². The van der Waals surface area contributed by atoms with E-state index in [1.807, 2.05) is 37.3 Å².